The van der Waals surface area contributed by atoms with Gasteiger partial charge >= 0.3 is 0 Å². The molecule has 0 aliphatic rings. The molecule has 1 N–H and O–H groups in total. The van der Waals surface area contributed by atoms with E-state index in [-0.39, 0.29) is 0 Å². The lowest BCUT2D eigenvalue weighted by Gasteiger charge is -2.21. The van der Waals surface area contributed by atoms with Gasteiger partial charge in [-0.1, -0.05) is 44.2 Å². The van der Waals surface area contributed by atoms with Crippen LogP contribution in [-0.4, -0.2) is 5.11 Å². The summed E-state index contributed by atoms with van der Waals surface area (Å²) in [4.78, 5) is 0. The van der Waals surface area contributed by atoms with E-state index in [9.17, 15) is 5.11 Å². The van der Waals surface area contributed by atoms with Gasteiger partial charge in [0.1, 0.15) is 6.07 Å². The van der Waals surface area contributed by atoms with Crippen LogP contribution in [0.3, 0.4) is 0 Å². The number of nitrogens with zero attached hydrogens (tertiary/aromatic N) is 1. The van der Waals surface area contributed by atoms with Crippen LogP contribution in [-0.2, 0) is 5.60 Å². The third kappa shape index (κ3) is 3.07. The molecule has 1 aromatic carbocycles. The van der Waals surface area contributed by atoms with E-state index in [1.54, 1.807) is 12.1 Å². The molecule has 2 nitrogen and oxygen atoms in total. The van der Waals surface area contributed by atoms with E-state index in [1.807, 2.05) is 24.3 Å². The normalized spacial score (nSPS) is 14.6. The molecular formula is C13H17NO. The number of hydrogen-bond donors (Lipinski definition) is 1. The van der Waals surface area contributed by atoms with E-state index in [1.165, 1.54) is 0 Å². The van der Waals surface area contributed by atoms with E-state index in [2.05, 4.69) is 13.8 Å². The van der Waals surface area contributed by atoms with Crippen LogP contribution >= 0.6 is 0 Å². The van der Waals surface area contributed by atoms with Gasteiger partial charge in [-0.3, -0.25) is 0 Å². The molecule has 0 radical (unpaired) electrons. The van der Waals surface area contributed by atoms with Crippen molar-refractivity contribution in [3.05, 3.63) is 35.9 Å². The number of rotatable bonds is 4. The molecule has 80 valence electrons. The average molecular weight is 203 g/mol. The molecule has 15 heavy (non-hydrogen) atoms. The molecule has 0 aliphatic carbocycles. The van der Waals surface area contributed by atoms with Crippen molar-refractivity contribution in [2.45, 2.75) is 32.3 Å². The molecule has 0 fully saturated rings. The second-order valence-electron chi connectivity index (χ2n) is 4.27. The number of benzene rings is 1. The van der Waals surface area contributed by atoms with Crippen molar-refractivity contribution in [1.82, 2.24) is 0 Å². The van der Waals surface area contributed by atoms with Crippen LogP contribution in [0.2, 0.25) is 0 Å². The van der Waals surface area contributed by atoms with E-state index < -0.39 is 5.60 Å². The average Bonchev–Trinajstić information content (AvgIpc) is 2.27. The fraction of sp³-hybridized carbons (Fsp3) is 0.462. The third-order valence-corrected chi connectivity index (χ3v) is 2.52. The molecule has 1 atom stereocenters. The summed E-state index contributed by atoms with van der Waals surface area (Å²) in [5.41, 5.74) is -0.640. The zero-order valence-electron chi connectivity index (χ0n) is 9.27. The Labute approximate surface area is 91.2 Å². The Balaban J connectivity index is 2.82. The van der Waals surface area contributed by atoms with Crippen molar-refractivity contribution in [1.29, 1.82) is 5.26 Å². The SMILES string of the molecule is CC(C)CCC(O)(C#N)c1ccccc1. The van der Waals surface area contributed by atoms with Gasteiger partial charge in [-0.25, -0.2) is 0 Å². The Bertz CT molecular complexity index is 339. The highest BCUT2D eigenvalue weighted by atomic mass is 16.3. The van der Waals surface area contributed by atoms with Crippen LogP contribution < -0.4 is 0 Å². The molecule has 0 aliphatic heterocycles. The summed E-state index contributed by atoms with van der Waals surface area (Å²) in [6.45, 7) is 4.17. The summed E-state index contributed by atoms with van der Waals surface area (Å²) in [6.07, 6.45) is 1.34. The predicted octanol–water partition coefficient (Wildman–Crippen LogP) is 2.83. The highest BCUT2D eigenvalue weighted by molar-refractivity contribution is 5.28. The lowest BCUT2D eigenvalue weighted by Crippen LogP contribution is -2.23. The molecule has 0 bridgehead atoms. The zero-order valence-corrected chi connectivity index (χ0v) is 9.27. The van der Waals surface area contributed by atoms with Crippen LogP contribution in [0.15, 0.2) is 30.3 Å². The van der Waals surface area contributed by atoms with Crippen molar-refractivity contribution < 1.29 is 5.11 Å². The first kappa shape index (κ1) is 11.7. The molecule has 2 heteroatoms. The monoisotopic (exact) mass is 203 g/mol. The molecule has 0 saturated carbocycles. The molecule has 0 aromatic heterocycles. The van der Waals surface area contributed by atoms with Gasteiger partial charge in [0.15, 0.2) is 5.60 Å². The first-order valence-corrected chi connectivity index (χ1v) is 5.27. The number of hydrogen-bond acceptors (Lipinski definition) is 2. The Morgan fingerprint density at radius 2 is 1.93 bits per heavy atom. The van der Waals surface area contributed by atoms with Crippen molar-refractivity contribution >= 4 is 0 Å². The van der Waals surface area contributed by atoms with Crippen molar-refractivity contribution in [3.63, 3.8) is 0 Å². The summed E-state index contributed by atoms with van der Waals surface area (Å²) in [5.74, 6) is 0.494. The Kier molecular flexibility index (Phi) is 3.88. The van der Waals surface area contributed by atoms with Gasteiger partial charge in [0.2, 0.25) is 0 Å². The minimum absolute atomic E-state index is 0.491. The smallest absolute Gasteiger partial charge is 0.176 e. The van der Waals surface area contributed by atoms with Gasteiger partial charge < -0.3 is 5.11 Å². The van der Waals surface area contributed by atoms with Crippen molar-refractivity contribution in [2.24, 2.45) is 5.92 Å². The molecule has 0 saturated heterocycles. The maximum atomic E-state index is 10.2. The molecular weight excluding hydrogens is 186 g/mol. The van der Waals surface area contributed by atoms with Crippen LogP contribution in [0.4, 0.5) is 0 Å². The fourth-order valence-corrected chi connectivity index (χ4v) is 1.48. The Hall–Kier alpha value is -1.33. The van der Waals surface area contributed by atoms with Crippen LogP contribution in [0.25, 0.3) is 0 Å². The summed E-state index contributed by atoms with van der Waals surface area (Å²) in [7, 11) is 0. The highest BCUT2D eigenvalue weighted by Crippen LogP contribution is 2.27. The number of aliphatic hydroxyl groups is 1. The minimum Gasteiger partial charge on any atom is -0.371 e. The standard InChI is InChI=1S/C13H17NO/c1-11(2)8-9-13(15,10-14)12-6-4-3-5-7-12/h3-7,11,15H,8-9H2,1-2H3. The molecule has 0 heterocycles. The van der Waals surface area contributed by atoms with E-state index in [0.29, 0.717) is 17.9 Å². The maximum absolute atomic E-state index is 10.2. The van der Waals surface area contributed by atoms with Crippen molar-refractivity contribution in [2.75, 3.05) is 0 Å². The van der Waals surface area contributed by atoms with Crippen LogP contribution in [0.1, 0.15) is 32.3 Å². The maximum Gasteiger partial charge on any atom is 0.176 e. The van der Waals surface area contributed by atoms with Gasteiger partial charge in [0.05, 0.1) is 0 Å². The quantitative estimate of drug-likeness (QED) is 0.765. The second-order valence-corrected chi connectivity index (χ2v) is 4.27. The highest BCUT2D eigenvalue weighted by Gasteiger charge is 2.28. The fourth-order valence-electron chi connectivity index (χ4n) is 1.48. The molecule has 1 aromatic rings. The predicted molar refractivity (Wildman–Crippen MR) is 60.0 cm³/mol. The van der Waals surface area contributed by atoms with Gasteiger partial charge in [-0.05, 0) is 24.3 Å². The van der Waals surface area contributed by atoms with Gasteiger partial charge in [-0.15, -0.1) is 0 Å². The first-order valence-electron chi connectivity index (χ1n) is 5.27. The summed E-state index contributed by atoms with van der Waals surface area (Å²) in [5, 5.41) is 19.2. The zero-order chi connectivity index (χ0) is 11.3. The first-order chi connectivity index (χ1) is 7.08. The molecule has 1 rings (SSSR count). The molecule has 1 unspecified atom stereocenters. The Morgan fingerprint density at radius 1 is 1.33 bits per heavy atom. The van der Waals surface area contributed by atoms with Crippen LogP contribution in [0.5, 0.6) is 0 Å². The van der Waals surface area contributed by atoms with Gasteiger partial charge in [-0.2, -0.15) is 5.26 Å². The molecule has 0 amide bonds. The lowest BCUT2D eigenvalue weighted by molar-refractivity contribution is 0.0813. The summed E-state index contributed by atoms with van der Waals surface area (Å²) < 4.78 is 0. The summed E-state index contributed by atoms with van der Waals surface area (Å²) >= 11 is 0. The second kappa shape index (κ2) is 4.95. The largest absolute Gasteiger partial charge is 0.371 e. The lowest BCUT2D eigenvalue weighted by atomic mass is 9.88. The van der Waals surface area contributed by atoms with E-state index in [4.69, 9.17) is 5.26 Å². The third-order valence-electron chi connectivity index (χ3n) is 2.52. The van der Waals surface area contributed by atoms with E-state index in [0.717, 1.165) is 6.42 Å². The number of nitriles is 1. The van der Waals surface area contributed by atoms with Gasteiger partial charge in [0, 0.05) is 0 Å². The summed E-state index contributed by atoms with van der Waals surface area (Å²) in [6, 6.07) is 11.2. The minimum atomic E-state index is -1.33. The van der Waals surface area contributed by atoms with E-state index >= 15 is 0 Å². The van der Waals surface area contributed by atoms with Gasteiger partial charge in [0.25, 0.3) is 0 Å². The molecule has 0 spiro atoms. The Morgan fingerprint density at radius 3 is 2.40 bits per heavy atom. The topological polar surface area (TPSA) is 44.0 Å². The van der Waals surface area contributed by atoms with Crippen molar-refractivity contribution in [3.8, 4) is 6.07 Å². The van der Waals surface area contributed by atoms with Crippen LogP contribution in [0, 0.1) is 17.2 Å².